The van der Waals surface area contributed by atoms with Crippen LogP contribution < -0.4 is 0 Å². The van der Waals surface area contributed by atoms with Gasteiger partial charge in [0.2, 0.25) is 5.89 Å². The molecule has 3 rings (SSSR count). The molecule has 8 heteroatoms. The lowest BCUT2D eigenvalue weighted by molar-refractivity contribution is -0.143. The maximum atomic E-state index is 12.0. The minimum Gasteiger partial charge on any atom is -0.337 e. The van der Waals surface area contributed by atoms with E-state index in [1.165, 1.54) is 0 Å². The van der Waals surface area contributed by atoms with Crippen molar-refractivity contribution in [3.63, 3.8) is 0 Å². The summed E-state index contributed by atoms with van der Waals surface area (Å²) in [6.07, 6.45) is 0.478. The molecule has 1 aromatic carbocycles. The van der Waals surface area contributed by atoms with Crippen molar-refractivity contribution in [3.8, 4) is 0 Å². The normalized spacial score (nSPS) is 14.9. The van der Waals surface area contributed by atoms with Gasteiger partial charge < -0.3 is 4.52 Å². The van der Waals surface area contributed by atoms with Gasteiger partial charge in [-0.05, 0) is 12.5 Å². The number of imide groups is 2. The van der Waals surface area contributed by atoms with E-state index in [0.717, 1.165) is 15.4 Å². The van der Waals surface area contributed by atoms with Crippen LogP contribution in [0.1, 0.15) is 24.2 Å². The average molecular weight is 314 g/mol. The lowest BCUT2D eigenvalue weighted by atomic mass is 10.1. The molecule has 0 spiro atoms. The Hall–Kier alpha value is -3.03. The van der Waals surface area contributed by atoms with Gasteiger partial charge in [0.25, 0.3) is 0 Å². The predicted molar refractivity (Wildman–Crippen MR) is 76.9 cm³/mol. The zero-order valence-electron chi connectivity index (χ0n) is 12.4. The molecular weight excluding hydrogens is 300 g/mol. The van der Waals surface area contributed by atoms with E-state index in [4.69, 9.17) is 4.52 Å². The zero-order valence-corrected chi connectivity index (χ0v) is 12.4. The first-order valence-corrected chi connectivity index (χ1v) is 7.13. The molecule has 1 aliphatic heterocycles. The molecule has 0 bridgehead atoms. The van der Waals surface area contributed by atoms with Gasteiger partial charge in [0, 0.05) is 13.0 Å². The van der Waals surface area contributed by atoms with Crippen LogP contribution in [0.5, 0.6) is 0 Å². The first-order chi connectivity index (χ1) is 11.1. The maximum absolute atomic E-state index is 12.0. The van der Waals surface area contributed by atoms with Crippen LogP contribution in [-0.4, -0.2) is 44.3 Å². The maximum Gasteiger partial charge on any atom is 0.334 e. The summed E-state index contributed by atoms with van der Waals surface area (Å²) in [5.41, 5.74) is 1.01. The Morgan fingerprint density at radius 1 is 1.04 bits per heavy atom. The third kappa shape index (κ3) is 2.83. The van der Waals surface area contributed by atoms with Crippen molar-refractivity contribution in [2.24, 2.45) is 0 Å². The highest BCUT2D eigenvalue weighted by molar-refractivity contribution is 6.44. The topological polar surface area (TPSA) is 96.6 Å². The van der Waals surface area contributed by atoms with E-state index in [2.05, 4.69) is 10.1 Å². The SMILES string of the molecule is CCN1C(=O)C(=O)N(Cc2nc(Cc3ccccc3)no2)C1=O. The molecule has 0 aliphatic carbocycles. The number of likely N-dealkylation sites (N-methyl/N-ethyl adjacent to an activating group) is 1. The van der Waals surface area contributed by atoms with Gasteiger partial charge in [-0.1, -0.05) is 35.5 Å². The molecule has 1 aliphatic rings. The van der Waals surface area contributed by atoms with Crippen LogP contribution in [-0.2, 0) is 22.6 Å². The van der Waals surface area contributed by atoms with Crippen molar-refractivity contribution in [3.05, 3.63) is 47.6 Å². The second-order valence-corrected chi connectivity index (χ2v) is 4.99. The van der Waals surface area contributed by atoms with Crippen LogP contribution >= 0.6 is 0 Å². The van der Waals surface area contributed by atoms with Crippen LogP contribution in [0.25, 0.3) is 0 Å². The number of urea groups is 1. The number of aromatic nitrogens is 2. The molecule has 0 atom stereocenters. The Balaban J connectivity index is 1.71. The van der Waals surface area contributed by atoms with Gasteiger partial charge in [-0.25, -0.2) is 9.69 Å². The van der Waals surface area contributed by atoms with Crippen molar-refractivity contribution in [2.75, 3.05) is 6.54 Å². The summed E-state index contributed by atoms with van der Waals surface area (Å²) < 4.78 is 5.06. The van der Waals surface area contributed by atoms with Gasteiger partial charge in [0.05, 0.1) is 0 Å². The van der Waals surface area contributed by atoms with E-state index in [1.807, 2.05) is 30.3 Å². The molecule has 4 amide bonds. The Bertz CT molecular complexity index is 756. The summed E-state index contributed by atoms with van der Waals surface area (Å²) >= 11 is 0. The minimum atomic E-state index is -0.875. The molecule has 2 heterocycles. The number of amides is 4. The Labute approximate surface area is 131 Å². The van der Waals surface area contributed by atoms with Crippen molar-refractivity contribution in [2.45, 2.75) is 19.9 Å². The van der Waals surface area contributed by atoms with Gasteiger partial charge in [-0.2, -0.15) is 4.98 Å². The van der Waals surface area contributed by atoms with E-state index >= 15 is 0 Å². The zero-order chi connectivity index (χ0) is 16.4. The standard InChI is InChI=1S/C15H14N4O4/c1-2-18-13(20)14(21)19(15(18)22)9-12-16-11(17-23-12)8-10-6-4-3-5-7-10/h3-7H,2,8-9H2,1H3. The summed E-state index contributed by atoms with van der Waals surface area (Å²) in [6, 6.07) is 8.92. The average Bonchev–Trinajstić information content (AvgIpc) is 3.07. The largest absolute Gasteiger partial charge is 0.337 e. The van der Waals surface area contributed by atoms with Gasteiger partial charge in [0.1, 0.15) is 6.54 Å². The Morgan fingerprint density at radius 3 is 2.39 bits per heavy atom. The van der Waals surface area contributed by atoms with E-state index in [1.54, 1.807) is 6.92 Å². The summed E-state index contributed by atoms with van der Waals surface area (Å²) in [5, 5.41) is 3.83. The van der Waals surface area contributed by atoms with Gasteiger partial charge in [0.15, 0.2) is 5.82 Å². The monoisotopic (exact) mass is 314 g/mol. The molecule has 1 saturated heterocycles. The number of benzene rings is 1. The van der Waals surface area contributed by atoms with E-state index < -0.39 is 17.8 Å². The number of nitrogens with zero attached hydrogens (tertiary/aromatic N) is 4. The molecule has 118 valence electrons. The molecule has 1 aromatic heterocycles. The van der Waals surface area contributed by atoms with Crippen LogP contribution in [0.4, 0.5) is 4.79 Å². The molecule has 0 N–H and O–H groups in total. The van der Waals surface area contributed by atoms with E-state index in [9.17, 15) is 14.4 Å². The number of carbonyl (C=O) groups is 3. The summed E-state index contributed by atoms with van der Waals surface area (Å²) in [6.45, 7) is 1.56. The number of carbonyl (C=O) groups excluding carboxylic acids is 3. The molecule has 2 aromatic rings. The van der Waals surface area contributed by atoms with Crippen molar-refractivity contribution in [1.82, 2.24) is 19.9 Å². The number of rotatable bonds is 5. The summed E-state index contributed by atoms with van der Waals surface area (Å²) in [7, 11) is 0. The number of hydrogen-bond donors (Lipinski definition) is 0. The number of hydrogen-bond acceptors (Lipinski definition) is 6. The molecular formula is C15H14N4O4. The fourth-order valence-corrected chi connectivity index (χ4v) is 2.31. The van der Waals surface area contributed by atoms with Crippen LogP contribution in [0, 0.1) is 0 Å². The van der Waals surface area contributed by atoms with Gasteiger partial charge in [-0.15, -0.1) is 0 Å². The Kier molecular flexibility index (Phi) is 3.88. The van der Waals surface area contributed by atoms with Crippen LogP contribution in [0.15, 0.2) is 34.9 Å². The molecule has 0 radical (unpaired) electrons. The molecule has 8 nitrogen and oxygen atoms in total. The first kappa shape index (κ1) is 14.9. The van der Waals surface area contributed by atoms with Crippen molar-refractivity contribution in [1.29, 1.82) is 0 Å². The van der Waals surface area contributed by atoms with Crippen molar-refractivity contribution >= 4 is 17.8 Å². The molecule has 0 saturated carbocycles. The van der Waals surface area contributed by atoms with E-state index in [0.29, 0.717) is 12.2 Å². The lowest BCUT2D eigenvalue weighted by Gasteiger charge is -2.11. The highest BCUT2D eigenvalue weighted by Gasteiger charge is 2.44. The van der Waals surface area contributed by atoms with Gasteiger partial charge in [-0.3, -0.25) is 14.5 Å². The lowest BCUT2D eigenvalue weighted by Crippen LogP contribution is -2.32. The fraction of sp³-hybridized carbons (Fsp3) is 0.267. The second kappa shape index (κ2) is 5.99. The van der Waals surface area contributed by atoms with Gasteiger partial charge >= 0.3 is 17.8 Å². The highest BCUT2D eigenvalue weighted by atomic mass is 16.5. The smallest absolute Gasteiger partial charge is 0.334 e. The third-order valence-corrected chi connectivity index (χ3v) is 3.46. The second-order valence-electron chi connectivity index (χ2n) is 4.99. The van der Waals surface area contributed by atoms with E-state index in [-0.39, 0.29) is 19.0 Å². The summed E-state index contributed by atoms with van der Waals surface area (Å²) in [5.74, 6) is -1.14. The molecule has 1 fully saturated rings. The first-order valence-electron chi connectivity index (χ1n) is 7.13. The predicted octanol–water partition coefficient (Wildman–Crippen LogP) is 0.971. The summed E-state index contributed by atoms with van der Waals surface area (Å²) in [4.78, 5) is 41.3. The third-order valence-electron chi connectivity index (χ3n) is 3.46. The highest BCUT2D eigenvalue weighted by Crippen LogP contribution is 2.15. The Morgan fingerprint density at radius 2 is 1.74 bits per heavy atom. The quantitative estimate of drug-likeness (QED) is 0.602. The molecule has 23 heavy (non-hydrogen) atoms. The van der Waals surface area contributed by atoms with Crippen molar-refractivity contribution < 1.29 is 18.9 Å². The molecule has 0 unspecified atom stereocenters. The van der Waals surface area contributed by atoms with Crippen LogP contribution in [0.2, 0.25) is 0 Å². The minimum absolute atomic E-state index is 0.114. The van der Waals surface area contributed by atoms with Crippen LogP contribution in [0.3, 0.4) is 0 Å². The fourth-order valence-electron chi connectivity index (χ4n) is 2.31.